The maximum absolute atomic E-state index is 12.4. The van der Waals surface area contributed by atoms with Gasteiger partial charge in [0.25, 0.3) is 5.91 Å². The molecule has 0 aromatic heterocycles. The van der Waals surface area contributed by atoms with Crippen molar-refractivity contribution in [1.82, 2.24) is 10.6 Å². The van der Waals surface area contributed by atoms with E-state index in [0.717, 1.165) is 22.3 Å². The summed E-state index contributed by atoms with van der Waals surface area (Å²) in [6.45, 7) is 1.35. The highest BCUT2D eigenvalue weighted by molar-refractivity contribution is 6.33. The second-order valence-corrected chi connectivity index (χ2v) is 7.75. The molecule has 0 unspecified atom stereocenters. The highest BCUT2D eigenvalue weighted by Crippen LogP contribution is 2.21. The number of carboxylic acids is 1. The largest absolute Gasteiger partial charge is 0.480 e. The molecule has 1 amide bonds. The van der Waals surface area contributed by atoms with Crippen LogP contribution in [0.4, 0.5) is 0 Å². The van der Waals surface area contributed by atoms with Gasteiger partial charge < -0.3 is 20.8 Å². The molecule has 7 heteroatoms. The van der Waals surface area contributed by atoms with Crippen LogP contribution in [-0.4, -0.2) is 41.3 Å². The number of aliphatic hydroxyl groups excluding tert-OH is 1. The van der Waals surface area contributed by atoms with Crippen LogP contribution in [0.2, 0.25) is 5.02 Å². The molecule has 166 valence electrons. The summed E-state index contributed by atoms with van der Waals surface area (Å²) in [6, 6.07) is 21.1. The molecule has 0 aliphatic heterocycles. The van der Waals surface area contributed by atoms with Crippen LogP contribution in [0.5, 0.6) is 0 Å². The van der Waals surface area contributed by atoms with Gasteiger partial charge in [-0.1, -0.05) is 72.3 Å². The van der Waals surface area contributed by atoms with E-state index in [1.165, 1.54) is 0 Å². The lowest BCUT2D eigenvalue weighted by Crippen LogP contribution is -2.42. The third-order valence-corrected chi connectivity index (χ3v) is 5.35. The molecule has 3 rings (SSSR count). The summed E-state index contributed by atoms with van der Waals surface area (Å²) in [5.41, 5.74) is 4.22. The Morgan fingerprint density at radius 1 is 0.875 bits per heavy atom. The van der Waals surface area contributed by atoms with Gasteiger partial charge in [-0.15, -0.1) is 0 Å². The van der Waals surface area contributed by atoms with Crippen LogP contribution < -0.4 is 10.6 Å². The Balaban J connectivity index is 1.64. The predicted molar refractivity (Wildman–Crippen MR) is 125 cm³/mol. The second kappa shape index (κ2) is 11.4. The smallest absolute Gasteiger partial charge is 0.326 e. The molecule has 4 N–H and O–H groups in total. The molecule has 0 aliphatic carbocycles. The average Bonchev–Trinajstić information content (AvgIpc) is 2.80. The number of nitrogens with one attached hydrogen (secondary N) is 2. The Hall–Kier alpha value is -3.19. The van der Waals surface area contributed by atoms with Gasteiger partial charge >= 0.3 is 5.97 Å². The zero-order valence-electron chi connectivity index (χ0n) is 17.4. The molecular weight excluding hydrogens is 428 g/mol. The molecule has 0 fully saturated rings. The standard InChI is InChI=1S/C25H25ClN2O4/c26-22-4-2-1-3-21(22)24(30)28-23(25(31)32)15-17-5-9-19(10-6-17)20-11-7-18(8-12-20)16-27-13-14-29/h1-12,23,27,29H,13-16H2,(H,28,30)(H,31,32)/t23-/m0/s1. The van der Waals surface area contributed by atoms with E-state index in [4.69, 9.17) is 16.7 Å². The number of benzene rings is 3. The van der Waals surface area contributed by atoms with Gasteiger partial charge in [0.2, 0.25) is 0 Å². The second-order valence-electron chi connectivity index (χ2n) is 7.34. The van der Waals surface area contributed by atoms with Crippen LogP contribution in [-0.2, 0) is 17.8 Å². The van der Waals surface area contributed by atoms with E-state index in [1.807, 2.05) is 48.5 Å². The first-order valence-electron chi connectivity index (χ1n) is 10.3. The van der Waals surface area contributed by atoms with Crippen molar-refractivity contribution in [3.63, 3.8) is 0 Å². The first kappa shape index (κ1) is 23.5. The van der Waals surface area contributed by atoms with Crippen LogP contribution in [0.3, 0.4) is 0 Å². The lowest BCUT2D eigenvalue weighted by atomic mass is 9.99. The fraction of sp³-hybridized carbons (Fsp3) is 0.200. The maximum atomic E-state index is 12.4. The van der Waals surface area contributed by atoms with Crippen LogP contribution in [0, 0.1) is 0 Å². The molecule has 3 aromatic rings. The molecule has 0 saturated carbocycles. The summed E-state index contributed by atoms with van der Waals surface area (Å²) >= 11 is 6.04. The van der Waals surface area contributed by atoms with Crippen molar-refractivity contribution < 1.29 is 19.8 Å². The number of hydrogen-bond donors (Lipinski definition) is 4. The van der Waals surface area contributed by atoms with Crippen molar-refractivity contribution in [3.8, 4) is 11.1 Å². The van der Waals surface area contributed by atoms with E-state index >= 15 is 0 Å². The van der Waals surface area contributed by atoms with E-state index in [9.17, 15) is 14.7 Å². The molecule has 0 heterocycles. The number of halogens is 1. The molecule has 1 atom stereocenters. The molecule has 0 spiro atoms. The number of carboxylic acid groups (broad SMARTS) is 1. The Morgan fingerprint density at radius 3 is 2.03 bits per heavy atom. The van der Waals surface area contributed by atoms with Gasteiger partial charge in [0.05, 0.1) is 17.2 Å². The van der Waals surface area contributed by atoms with Crippen molar-refractivity contribution in [3.05, 3.63) is 94.5 Å². The molecule has 6 nitrogen and oxygen atoms in total. The van der Waals surface area contributed by atoms with Crippen LogP contribution in [0.15, 0.2) is 72.8 Å². The number of carbonyl (C=O) groups excluding carboxylic acids is 1. The van der Waals surface area contributed by atoms with Crippen LogP contribution in [0.1, 0.15) is 21.5 Å². The SMILES string of the molecule is O=C(N[C@@H](Cc1ccc(-c2ccc(CNCCO)cc2)cc1)C(=O)O)c1ccccc1Cl. The molecule has 3 aromatic carbocycles. The number of rotatable bonds is 10. The number of carbonyl (C=O) groups is 2. The van der Waals surface area contributed by atoms with Crippen molar-refractivity contribution in [2.75, 3.05) is 13.2 Å². The zero-order valence-corrected chi connectivity index (χ0v) is 18.2. The Bertz CT molecular complexity index is 1050. The summed E-state index contributed by atoms with van der Waals surface area (Å²) < 4.78 is 0. The maximum Gasteiger partial charge on any atom is 0.326 e. The van der Waals surface area contributed by atoms with E-state index in [0.29, 0.717) is 13.1 Å². The summed E-state index contributed by atoms with van der Waals surface area (Å²) in [5, 5.41) is 24.4. The number of amides is 1. The zero-order chi connectivity index (χ0) is 22.9. The number of aliphatic hydroxyl groups is 1. The average molecular weight is 453 g/mol. The fourth-order valence-electron chi connectivity index (χ4n) is 3.28. The van der Waals surface area contributed by atoms with Crippen molar-refractivity contribution in [1.29, 1.82) is 0 Å². The summed E-state index contributed by atoms with van der Waals surface area (Å²) in [4.78, 5) is 24.1. The van der Waals surface area contributed by atoms with Gasteiger partial charge in [-0.3, -0.25) is 4.79 Å². The normalized spacial score (nSPS) is 11.7. The molecular formula is C25H25ClN2O4. The van der Waals surface area contributed by atoms with Crippen LogP contribution >= 0.6 is 11.6 Å². The van der Waals surface area contributed by atoms with E-state index in [-0.39, 0.29) is 23.6 Å². The predicted octanol–water partition coefficient (Wildman–Crippen LogP) is 3.51. The monoisotopic (exact) mass is 452 g/mol. The van der Waals surface area contributed by atoms with Gasteiger partial charge in [-0.05, 0) is 34.4 Å². The van der Waals surface area contributed by atoms with Gasteiger partial charge in [-0.2, -0.15) is 0 Å². The first-order valence-corrected chi connectivity index (χ1v) is 10.6. The van der Waals surface area contributed by atoms with Crippen LogP contribution in [0.25, 0.3) is 11.1 Å². The lowest BCUT2D eigenvalue weighted by Gasteiger charge is -2.15. The quantitative estimate of drug-likeness (QED) is 0.353. The topological polar surface area (TPSA) is 98.7 Å². The van der Waals surface area contributed by atoms with Crippen molar-refractivity contribution in [2.24, 2.45) is 0 Å². The van der Waals surface area contributed by atoms with Gasteiger partial charge in [0.15, 0.2) is 0 Å². The molecule has 0 radical (unpaired) electrons. The lowest BCUT2D eigenvalue weighted by molar-refractivity contribution is -0.139. The Morgan fingerprint density at radius 2 is 1.47 bits per heavy atom. The summed E-state index contributed by atoms with van der Waals surface area (Å²) in [7, 11) is 0. The van der Waals surface area contributed by atoms with E-state index in [1.54, 1.807) is 24.3 Å². The third-order valence-electron chi connectivity index (χ3n) is 5.02. The molecule has 0 aliphatic rings. The van der Waals surface area contributed by atoms with E-state index < -0.39 is 17.9 Å². The molecule has 0 bridgehead atoms. The summed E-state index contributed by atoms with van der Waals surface area (Å²) in [5.74, 6) is -1.63. The Labute approximate surface area is 191 Å². The van der Waals surface area contributed by atoms with Gasteiger partial charge in [-0.25, -0.2) is 4.79 Å². The van der Waals surface area contributed by atoms with Gasteiger partial charge in [0.1, 0.15) is 6.04 Å². The van der Waals surface area contributed by atoms with Crippen molar-refractivity contribution >= 4 is 23.5 Å². The highest BCUT2D eigenvalue weighted by atomic mass is 35.5. The minimum Gasteiger partial charge on any atom is -0.480 e. The third kappa shape index (κ3) is 6.40. The first-order chi connectivity index (χ1) is 15.5. The number of hydrogen-bond acceptors (Lipinski definition) is 4. The minimum atomic E-state index is -1.11. The van der Waals surface area contributed by atoms with E-state index in [2.05, 4.69) is 10.6 Å². The number of aliphatic carboxylic acids is 1. The fourth-order valence-corrected chi connectivity index (χ4v) is 3.50. The molecule has 0 saturated heterocycles. The van der Waals surface area contributed by atoms with Gasteiger partial charge in [0, 0.05) is 19.5 Å². The Kier molecular flexibility index (Phi) is 8.39. The summed E-state index contributed by atoms with van der Waals surface area (Å²) in [6.07, 6.45) is 0.154. The highest BCUT2D eigenvalue weighted by Gasteiger charge is 2.22. The molecule has 32 heavy (non-hydrogen) atoms. The van der Waals surface area contributed by atoms with Crippen molar-refractivity contribution in [2.45, 2.75) is 19.0 Å². The minimum absolute atomic E-state index is 0.108.